The van der Waals surface area contributed by atoms with Crippen molar-refractivity contribution in [1.29, 1.82) is 0 Å². The molecule has 3 rings (SSSR count). The number of nitrogens with zero attached hydrogens (tertiary/aromatic N) is 3. The Bertz CT molecular complexity index is 921. The van der Waals surface area contributed by atoms with Gasteiger partial charge in [0.05, 0.1) is 0 Å². The average Bonchev–Trinajstić information content (AvgIpc) is 3.16. The van der Waals surface area contributed by atoms with Crippen LogP contribution in [0.15, 0.2) is 53.6 Å². The number of hydrogen-bond donors (Lipinski definition) is 1. The summed E-state index contributed by atoms with van der Waals surface area (Å²) in [6, 6.07) is 12.5. The van der Waals surface area contributed by atoms with Gasteiger partial charge < -0.3 is 10.6 Å². The zero-order valence-electron chi connectivity index (χ0n) is 17.1. The number of thioether (sulfide) groups is 1. The molecule has 1 aliphatic rings. The molecule has 8 heteroatoms. The molecule has 0 radical (unpaired) electrons. The molecule has 2 amide bonds. The van der Waals surface area contributed by atoms with Crippen molar-refractivity contribution in [2.45, 2.75) is 31.6 Å². The van der Waals surface area contributed by atoms with Crippen molar-refractivity contribution in [3.63, 3.8) is 0 Å². The van der Waals surface area contributed by atoms with Crippen LogP contribution in [-0.4, -0.2) is 40.6 Å². The summed E-state index contributed by atoms with van der Waals surface area (Å²) >= 11 is 1.27. The van der Waals surface area contributed by atoms with Gasteiger partial charge in [-0.1, -0.05) is 42.1 Å². The summed E-state index contributed by atoms with van der Waals surface area (Å²) in [6.45, 7) is 5.25. The third-order valence-electron chi connectivity index (χ3n) is 5.12. The Balaban J connectivity index is 2.16. The van der Waals surface area contributed by atoms with Gasteiger partial charge in [0.1, 0.15) is 21.5 Å². The standard InChI is InChI=1S/C22H26F2N4OS/c1-3-27(4-2)21(29)28-22(13-8-14-25,16-9-6-5-7-10-16)30-20(26-28)18-15-17(23)11-12-19(18)24/h5-7,9-12,15H,3-4,8,13-14,25H2,1-2H3. The average molecular weight is 433 g/mol. The first-order valence-corrected chi connectivity index (χ1v) is 10.9. The van der Waals surface area contributed by atoms with E-state index in [0.29, 0.717) is 32.5 Å². The monoisotopic (exact) mass is 432 g/mol. The molecule has 0 saturated carbocycles. The highest BCUT2D eigenvalue weighted by Crippen LogP contribution is 2.50. The van der Waals surface area contributed by atoms with E-state index in [-0.39, 0.29) is 16.6 Å². The summed E-state index contributed by atoms with van der Waals surface area (Å²) in [6.07, 6.45) is 1.16. The number of carbonyl (C=O) groups is 1. The lowest BCUT2D eigenvalue weighted by atomic mass is 10.0. The topological polar surface area (TPSA) is 61.9 Å². The summed E-state index contributed by atoms with van der Waals surface area (Å²) in [7, 11) is 0. The van der Waals surface area contributed by atoms with Crippen LogP contribution in [0.4, 0.5) is 13.6 Å². The molecule has 2 aromatic carbocycles. The highest BCUT2D eigenvalue weighted by Gasteiger charge is 2.49. The quantitative estimate of drug-likeness (QED) is 0.688. The van der Waals surface area contributed by atoms with Gasteiger partial charge in [0.2, 0.25) is 0 Å². The van der Waals surface area contributed by atoms with Gasteiger partial charge in [0.25, 0.3) is 0 Å². The smallest absolute Gasteiger partial charge is 0.330 e. The van der Waals surface area contributed by atoms with Crippen molar-refractivity contribution in [3.05, 3.63) is 71.3 Å². The van der Waals surface area contributed by atoms with Crippen LogP contribution in [-0.2, 0) is 4.87 Å². The highest BCUT2D eigenvalue weighted by atomic mass is 32.2. The number of halogens is 2. The summed E-state index contributed by atoms with van der Waals surface area (Å²) in [5, 5.41) is 6.23. The maximum absolute atomic E-state index is 14.6. The molecule has 0 aromatic heterocycles. The molecule has 1 heterocycles. The summed E-state index contributed by atoms with van der Waals surface area (Å²) < 4.78 is 28.4. The number of hydrazone groups is 1. The molecule has 5 nitrogen and oxygen atoms in total. The Morgan fingerprint density at radius 2 is 1.87 bits per heavy atom. The fourth-order valence-electron chi connectivity index (χ4n) is 3.51. The van der Waals surface area contributed by atoms with E-state index < -0.39 is 16.5 Å². The van der Waals surface area contributed by atoms with Crippen molar-refractivity contribution in [3.8, 4) is 0 Å². The van der Waals surface area contributed by atoms with Crippen LogP contribution in [0.5, 0.6) is 0 Å². The van der Waals surface area contributed by atoms with E-state index in [1.54, 1.807) is 4.90 Å². The second-order valence-electron chi connectivity index (χ2n) is 6.94. The van der Waals surface area contributed by atoms with Gasteiger partial charge in [-0.15, -0.1) is 0 Å². The zero-order valence-corrected chi connectivity index (χ0v) is 18.0. The van der Waals surface area contributed by atoms with Crippen LogP contribution in [0.2, 0.25) is 0 Å². The summed E-state index contributed by atoms with van der Waals surface area (Å²) in [5.41, 5.74) is 6.70. The molecular weight excluding hydrogens is 406 g/mol. The maximum atomic E-state index is 14.6. The Morgan fingerprint density at radius 3 is 2.50 bits per heavy atom. The Hall–Kier alpha value is -2.45. The lowest BCUT2D eigenvalue weighted by Crippen LogP contribution is -2.48. The molecule has 0 saturated heterocycles. The summed E-state index contributed by atoms with van der Waals surface area (Å²) in [5.74, 6) is -1.14. The second-order valence-corrected chi connectivity index (χ2v) is 8.21. The number of nitrogens with two attached hydrogens (primary N) is 1. The Kier molecular flexibility index (Phi) is 7.10. The lowest BCUT2D eigenvalue weighted by molar-refractivity contribution is 0.126. The van der Waals surface area contributed by atoms with Crippen molar-refractivity contribution < 1.29 is 13.6 Å². The third kappa shape index (κ3) is 4.20. The lowest BCUT2D eigenvalue weighted by Gasteiger charge is -2.38. The van der Waals surface area contributed by atoms with E-state index in [0.717, 1.165) is 23.8 Å². The molecule has 1 atom stereocenters. The molecule has 160 valence electrons. The molecule has 2 N–H and O–H groups in total. The molecule has 1 aliphatic heterocycles. The Labute approximate surface area is 179 Å². The maximum Gasteiger partial charge on any atom is 0.342 e. The molecule has 2 aromatic rings. The number of hydrogen-bond acceptors (Lipinski definition) is 4. The molecule has 0 aliphatic carbocycles. The molecular formula is C22H26F2N4OS. The SMILES string of the molecule is CCN(CC)C(=O)N1N=C(c2cc(F)ccc2F)SC1(CCCN)c1ccccc1. The van der Waals surface area contributed by atoms with Gasteiger partial charge in [-0.25, -0.2) is 13.6 Å². The predicted molar refractivity (Wildman–Crippen MR) is 117 cm³/mol. The predicted octanol–water partition coefficient (Wildman–Crippen LogP) is 4.73. The van der Waals surface area contributed by atoms with Gasteiger partial charge in [-0.05, 0) is 57.0 Å². The number of carbonyl (C=O) groups excluding carboxylic acids is 1. The van der Waals surface area contributed by atoms with Crippen LogP contribution >= 0.6 is 11.8 Å². The fraction of sp³-hybridized carbons (Fsp3) is 0.364. The minimum Gasteiger partial charge on any atom is -0.330 e. The fourth-order valence-corrected chi connectivity index (χ4v) is 4.93. The number of urea groups is 1. The van der Waals surface area contributed by atoms with E-state index in [1.807, 2.05) is 44.2 Å². The van der Waals surface area contributed by atoms with Gasteiger partial charge in [0.15, 0.2) is 0 Å². The third-order valence-corrected chi connectivity index (χ3v) is 6.56. The van der Waals surface area contributed by atoms with Gasteiger partial charge >= 0.3 is 6.03 Å². The van der Waals surface area contributed by atoms with E-state index in [9.17, 15) is 13.6 Å². The van der Waals surface area contributed by atoms with E-state index >= 15 is 0 Å². The van der Waals surface area contributed by atoms with Crippen molar-refractivity contribution >= 4 is 22.8 Å². The van der Waals surface area contributed by atoms with Crippen LogP contribution in [0.25, 0.3) is 0 Å². The van der Waals surface area contributed by atoms with E-state index in [2.05, 4.69) is 5.10 Å². The van der Waals surface area contributed by atoms with Crippen molar-refractivity contribution in [1.82, 2.24) is 9.91 Å². The van der Waals surface area contributed by atoms with Gasteiger partial charge in [-0.3, -0.25) is 0 Å². The second kappa shape index (κ2) is 9.57. The minimum atomic E-state index is -0.894. The largest absolute Gasteiger partial charge is 0.342 e. The first-order valence-electron chi connectivity index (χ1n) is 10.0. The van der Waals surface area contributed by atoms with Gasteiger partial charge in [0, 0.05) is 18.7 Å². The first-order chi connectivity index (χ1) is 14.5. The van der Waals surface area contributed by atoms with Crippen LogP contribution in [0.1, 0.15) is 37.8 Å². The van der Waals surface area contributed by atoms with Crippen molar-refractivity contribution in [2.75, 3.05) is 19.6 Å². The Morgan fingerprint density at radius 1 is 1.17 bits per heavy atom. The van der Waals surface area contributed by atoms with E-state index in [1.165, 1.54) is 16.8 Å². The summed E-state index contributed by atoms with van der Waals surface area (Å²) in [4.78, 5) is 14.2. The highest BCUT2D eigenvalue weighted by molar-refractivity contribution is 8.15. The number of amides is 2. The minimum absolute atomic E-state index is 0.0444. The number of rotatable bonds is 7. The van der Waals surface area contributed by atoms with E-state index in [4.69, 9.17) is 5.73 Å². The molecule has 0 fully saturated rings. The van der Waals surface area contributed by atoms with Crippen LogP contribution in [0, 0.1) is 11.6 Å². The normalized spacial score (nSPS) is 18.4. The van der Waals surface area contributed by atoms with Crippen molar-refractivity contribution in [2.24, 2.45) is 10.8 Å². The first kappa shape index (κ1) is 22.2. The molecule has 0 bridgehead atoms. The number of benzene rings is 2. The van der Waals surface area contributed by atoms with Crippen LogP contribution in [0.3, 0.4) is 0 Å². The molecule has 1 unspecified atom stereocenters. The zero-order chi connectivity index (χ0) is 21.7. The molecule has 30 heavy (non-hydrogen) atoms. The van der Waals surface area contributed by atoms with Crippen LogP contribution < -0.4 is 5.73 Å². The van der Waals surface area contributed by atoms with Gasteiger partial charge in [-0.2, -0.15) is 10.1 Å². The molecule has 0 spiro atoms.